The zero-order valence-electron chi connectivity index (χ0n) is 15.5. The highest BCUT2D eigenvalue weighted by Gasteiger charge is 2.35. The van der Waals surface area contributed by atoms with Gasteiger partial charge in [-0.3, -0.25) is 4.39 Å². The van der Waals surface area contributed by atoms with E-state index in [0.29, 0.717) is 5.56 Å². The van der Waals surface area contributed by atoms with Gasteiger partial charge in [0.1, 0.15) is 11.0 Å². The van der Waals surface area contributed by atoms with Crippen molar-refractivity contribution in [3.8, 4) is 0 Å². The first-order valence-electron chi connectivity index (χ1n) is 8.00. The third-order valence-electron chi connectivity index (χ3n) is 2.73. The van der Waals surface area contributed by atoms with Gasteiger partial charge in [0.05, 0.1) is 17.1 Å². The van der Waals surface area contributed by atoms with Crippen LogP contribution in [-0.4, -0.2) is 16.4 Å². The molecule has 0 radical (unpaired) electrons. The molecule has 1 rings (SSSR count). The highest BCUT2D eigenvalue weighted by Crippen LogP contribution is 2.34. The lowest BCUT2D eigenvalue weighted by Crippen LogP contribution is -2.41. The molecular formula is C17H29F4NOS. The van der Waals surface area contributed by atoms with Crippen LogP contribution in [0.15, 0.2) is 23.1 Å². The summed E-state index contributed by atoms with van der Waals surface area (Å²) in [5.74, 6) is 0. The summed E-state index contributed by atoms with van der Waals surface area (Å²) in [6.07, 6.45) is -4.52. The van der Waals surface area contributed by atoms with E-state index in [1.54, 1.807) is 13.8 Å². The van der Waals surface area contributed by atoms with Crippen LogP contribution in [0.2, 0.25) is 0 Å². The summed E-state index contributed by atoms with van der Waals surface area (Å²) in [6.45, 7) is 12.1. The average molecular weight is 371 g/mol. The molecule has 0 saturated heterocycles. The van der Waals surface area contributed by atoms with Crippen molar-refractivity contribution < 1.29 is 21.8 Å². The minimum absolute atomic E-state index is 0.0615. The second kappa shape index (κ2) is 11.6. The molecule has 2 nitrogen and oxygen atoms in total. The number of hydrogen-bond donors (Lipinski definition) is 1. The molecule has 0 bridgehead atoms. The Labute approximate surface area is 145 Å². The van der Waals surface area contributed by atoms with E-state index in [-0.39, 0.29) is 11.3 Å². The summed E-state index contributed by atoms with van der Waals surface area (Å²) in [6, 6.07) is 3.61. The van der Waals surface area contributed by atoms with Gasteiger partial charge in [0.2, 0.25) is 0 Å². The summed E-state index contributed by atoms with van der Waals surface area (Å²) in [5, 5.41) is 0. The molecule has 1 unspecified atom stereocenters. The van der Waals surface area contributed by atoms with Crippen LogP contribution in [0.4, 0.5) is 17.6 Å². The van der Waals surface area contributed by atoms with Gasteiger partial charge in [0.15, 0.2) is 0 Å². The van der Waals surface area contributed by atoms with Crippen LogP contribution < -0.4 is 4.72 Å². The number of benzene rings is 1. The Bertz CT molecular complexity index is 502. The fraction of sp³-hybridized carbons (Fsp3) is 0.647. The van der Waals surface area contributed by atoms with Crippen LogP contribution in [-0.2, 0) is 17.2 Å². The minimum Gasteiger partial charge on any atom is -0.251 e. The topological polar surface area (TPSA) is 29.1 Å². The molecule has 0 spiro atoms. The molecule has 1 aromatic carbocycles. The van der Waals surface area contributed by atoms with Crippen molar-refractivity contribution in [2.24, 2.45) is 0 Å². The van der Waals surface area contributed by atoms with E-state index >= 15 is 0 Å². The minimum atomic E-state index is -4.58. The lowest BCUT2D eigenvalue weighted by Gasteiger charge is -2.25. The lowest BCUT2D eigenvalue weighted by atomic mass is 10.0. The molecule has 0 aliphatic rings. The molecule has 1 N–H and O–H groups in total. The van der Waals surface area contributed by atoms with E-state index < -0.39 is 34.9 Å². The van der Waals surface area contributed by atoms with Gasteiger partial charge in [0.25, 0.3) is 0 Å². The van der Waals surface area contributed by atoms with E-state index in [2.05, 4.69) is 4.72 Å². The molecular weight excluding hydrogens is 342 g/mol. The maximum absolute atomic E-state index is 12.9. The molecule has 0 fully saturated rings. The van der Waals surface area contributed by atoms with Gasteiger partial charge in [0, 0.05) is 5.54 Å². The molecule has 0 saturated carbocycles. The Morgan fingerprint density at radius 1 is 1.08 bits per heavy atom. The number of aryl methyl sites for hydroxylation is 1. The molecule has 0 aliphatic heterocycles. The van der Waals surface area contributed by atoms with Crippen molar-refractivity contribution in [2.45, 2.75) is 71.5 Å². The van der Waals surface area contributed by atoms with Crippen molar-refractivity contribution in [3.63, 3.8) is 0 Å². The number of halogens is 4. The van der Waals surface area contributed by atoms with Gasteiger partial charge < -0.3 is 0 Å². The van der Waals surface area contributed by atoms with Crippen LogP contribution in [0.25, 0.3) is 0 Å². The Morgan fingerprint density at radius 3 is 2.00 bits per heavy atom. The van der Waals surface area contributed by atoms with Crippen molar-refractivity contribution in [3.05, 3.63) is 29.3 Å². The molecule has 0 aliphatic carbocycles. The second-order valence-electron chi connectivity index (χ2n) is 5.19. The zero-order chi connectivity index (χ0) is 19.6. The van der Waals surface area contributed by atoms with Gasteiger partial charge in [-0.1, -0.05) is 39.3 Å². The number of nitrogens with one attached hydrogen (secondary N) is 1. The molecule has 142 valence electrons. The standard InChI is InChI=1S/C13H17F4NOS.2C2H6/c1-9-4-5-11(10(8-9)13(15,16)17)20(19)18-12(2,3)6-7-14;2*1-2/h4-5,8,18H,6-7H2,1-3H3;2*1-2H3. The summed E-state index contributed by atoms with van der Waals surface area (Å²) in [7, 11) is -2.06. The van der Waals surface area contributed by atoms with Gasteiger partial charge in [-0.25, -0.2) is 8.93 Å². The summed E-state index contributed by atoms with van der Waals surface area (Å²) in [4.78, 5) is -0.338. The Kier molecular flexibility index (Phi) is 12.2. The first-order valence-corrected chi connectivity index (χ1v) is 9.15. The van der Waals surface area contributed by atoms with Crippen molar-refractivity contribution in [2.75, 3.05) is 6.67 Å². The molecule has 0 heterocycles. The van der Waals surface area contributed by atoms with Crippen molar-refractivity contribution in [1.82, 2.24) is 4.72 Å². The van der Waals surface area contributed by atoms with E-state index in [4.69, 9.17) is 0 Å². The average Bonchev–Trinajstić information content (AvgIpc) is 2.49. The Hall–Kier alpha value is -0.950. The van der Waals surface area contributed by atoms with Gasteiger partial charge >= 0.3 is 6.18 Å². The fourth-order valence-electron chi connectivity index (χ4n) is 1.62. The molecule has 1 atom stereocenters. The summed E-state index contributed by atoms with van der Waals surface area (Å²) < 4.78 is 65.8. The highest BCUT2D eigenvalue weighted by molar-refractivity contribution is 7.83. The van der Waals surface area contributed by atoms with Gasteiger partial charge in [-0.05, 0) is 39.3 Å². The molecule has 7 heteroatoms. The third-order valence-corrected chi connectivity index (χ3v) is 4.22. The normalized spacial score (nSPS) is 12.5. The highest BCUT2D eigenvalue weighted by atomic mass is 32.2. The molecule has 0 aromatic heterocycles. The first-order chi connectivity index (χ1) is 11.1. The predicted octanol–water partition coefficient (Wildman–Crippen LogP) is 5.82. The van der Waals surface area contributed by atoms with E-state index in [1.807, 2.05) is 27.7 Å². The van der Waals surface area contributed by atoms with Crippen LogP contribution in [0.5, 0.6) is 0 Å². The Morgan fingerprint density at radius 2 is 1.58 bits per heavy atom. The summed E-state index contributed by atoms with van der Waals surface area (Å²) >= 11 is 0. The molecule has 0 amide bonds. The van der Waals surface area contributed by atoms with Crippen LogP contribution in [0.1, 0.15) is 59.1 Å². The van der Waals surface area contributed by atoms with E-state index in [0.717, 1.165) is 6.07 Å². The summed E-state index contributed by atoms with van der Waals surface area (Å²) in [5.41, 5.74) is -1.35. The molecule has 24 heavy (non-hydrogen) atoms. The van der Waals surface area contributed by atoms with Gasteiger partial charge in [-0.15, -0.1) is 0 Å². The van der Waals surface area contributed by atoms with Gasteiger partial charge in [-0.2, -0.15) is 13.2 Å². The SMILES string of the molecule is CC.CC.Cc1ccc(S(=O)NC(C)(C)CCF)c(C(F)(F)F)c1. The maximum Gasteiger partial charge on any atom is 0.417 e. The number of alkyl halides is 4. The number of rotatable bonds is 5. The van der Waals surface area contributed by atoms with Crippen LogP contribution in [0.3, 0.4) is 0 Å². The molecule has 1 aromatic rings. The van der Waals surface area contributed by atoms with Crippen molar-refractivity contribution in [1.29, 1.82) is 0 Å². The second-order valence-corrected chi connectivity index (χ2v) is 6.37. The fourth-order valence-corrected chi connectivity index (χ4v) is 2.90. The van der Waals surface area contributed by atoms with Crippen molar-refractivity contribution >= 4 is 11.0 Å². The van der Waals surface area contributed by atoms with Crippen LogP contribution >= 0.6 is 0 Å². The lowest BCUT2D eigenvalue weighted by molar-refractivity contribution is -0.139. The predicted molar refractivity (Wildman–Crippen MR) is 93.1 cm³/mol. The number of hydrogen-bond acceptors (Lipinski definition) is 1. The quantitative estimate of drug-likeness (QED) is 0.650. The monoisotopic (exact) mass is 371 g/mol. The first kappa shape index (κ1) is 25.3. The smallest absolute Gasteiger partial charge is 0.251 e. The Balaban J connectivity index is 0. The largest absolute Gasteiger partial charge is 0.417 e. The van der Waals surface area contributed by atoms with Crippen LogP contribution in [0, 0.1) is 6.92 Å². The van der Waals surface area contributed by atoms with E-state index in [9.17, 15) is 21.8 Å². The maximum atomic E-state index is 12.9. The third kappa shape index (κ3) is 8.78. The zero-order valence-corrected chi connectivity index (χ0v) is 16.3. The van der Waals surface area contributed by atoms with E-state index in [1.165, 1.54) is 19.1 Å².